The van der Waals surface area contributed by atoms with E-state index in [1.54, 1.807) is 0 Å². The minimum Gasteiger partial charge on any atom is -0.466 e. The number of ether oxygens (including phenoxy) is 1. The second kappa shape index (κ2) is 49.7. The number of carbonyl (C=O) groups is 2. The highest BCUT2D eigenvalue weighted by molar-refractivity contribution is 5.76. The number of hydrogen-bond acceptors (Lipinski definition) is 5. The number of rotatable bonds is 48. The van der Waals surface area contributed by atoms with Crippen LogP contribution in [0.3, 0.4) is 0 Å². The second-order valence-corrected chi connectivity index (χ2v) is 17.8. The van der Waals surface area contributed by atoms with E-state index in [1.165, 1.54) is 154 Å². The van der Waals surface area contributed by atoms with Crippen molar-refractivity contribution in [1.29, 1.82) is 0 Å². The Hall–Kier alpha value is -1.92. The molecule has 60 heavy (non-hydrogen) atoms. The van der Waals surface area contributed by atoms with Gasteiger partial charge >= 0.3 is 5.97 Å². The molecule has 352 valence electrons. The Balaban J connectivity index is 3.51. The van der Waals surface area contributed by atoms with E-state index in [0.29, 0.717) is 25.9 Å². The number of amides is 1. The topological polar surface area (TPSA) is 95.9 Å². The summed E-state index contributed by atoms with van der Waals surface area (Å²) in [6.45, 7) is 4.87. The van der Waals surface area contributed by atoms with Crippen molar-refractivity contribution in [2.45, 2.75) is 283 Å². The Kier molecular flexibility index (Phi) is 48.1. The molecule has 0 radical (unpaired) electrons. The molecule has 3 N–H and O–H groups in total. The average molecular weight is 844 g/mol. The third-order valence-electron chi connectivity index (χ3n) is 11.9. The molecule has 0 aromatic carbocycles. The number of carbonyl (C=O) groups excluding carboxylic acids is 2. The predicted octanol–water partition coefficient (Wildman–Crippen LogP) is 15.7. The van der Waals surface area contributed by atoms with E-state index in [2.05, 4.69) is 55.6 Å². The minimum atomic E-state index is -0.682. The average Bonchev–Trinajstić information content (AvgIpc) is 3.25. The van der Waals surface area contributed by atoms with Gasteiger partial charge in [-0.25, -0.2) is 0 Å². The number of aliphatic hydroxyl groups is 2. The Morgan fingerprint density at radius 1 is 0.467 bits per heavy atom. The van der Waals surface area contributed by atoms with Crippen molar-refractivity contribution in [3.05, 3.63) is 36.5 Å². The van der Waals surface area contributed by atoms with E-state index in [4.69, 9.17) is 4.74 Å². The second-order valence-electron chi connectivity index (χ2n) is 17.8. The summed E-state index contributed by atoms with van der Waals surface area (Å²) in [6.07, 6.45) is 59.7. The number of nitrogens with one attached hydrogen (secondary N) is 1. The number of unbranched alkanes of at least 4 members (excludes halogenated alkanes) is 31. The van der Waals surface area contributed by atoms with Crippen LogP contribution in [0.1, 0.15) is 271 Å². The van der Waals surface area contributed by atoms with Gasteiger partial charge in [0, 0.05) is 12.8 Å². The first kappa shape index (κ1) is 58.1. The number of aliphatic hydroxyl groups excluding tert-OH is 2. The molecule has 0 aromatic heterocycles. The molecule has 0 bridgehead atoms. The van der Waals surface area contributed by atoms with Crippen LogP contribution in [-0.2, 0) is 14.3 Å². The molecule has 0 aliphatic heterocycles. The number of hydrogen-bond donors (Lipinski definition) is 3. The summed E-state index contributed by atoms with van der Waals surface area (Å²) in [5.74, 6) is -0.0927. The summed E-state index contributed by atoms with van der Waals surface area (Å²) in [5, 5.41) is 23.2. The highest BCUT2D eigenvalue weighted by Crippen LogP contribution is 2.16. The van der Waals surface area contributed by atoms with Crippen LogP contribution in [0.4, 0.5) is 0 Å². The zero-order valence-electron chi connectivity index (χ0n) is 39.9. The van der Waals surface area contributed by atoms with E-state index in [1.807, 2.05) is 0 Å². The Morgan fingerprint density at radius 3 is 1.33 bits per heavy atom. The first-order valence-corrected chi connectivity index (χ1v) is 26.2. The summed E-state index contributed by atoms with van der Waals surface area (Å²) in [4.78, 5) is 24.5. The predicted molar refractivity (Wildman–Crippen MR) is 259 cm³/mol. The van der Waals surface area contributed by atoms with Crippen LogP contribution in [0.25, 0.3) is 0 Å². The maximum Gasteiger partial charge on any atom is 0.305 e. The summed E-state index contributed by atoms with van der Waals surface area (Å²) in [7, 11) is 0. The lowest BCUT2D eigenvalue weighted by Crippen LogP contribution is -2.45. The quantitative estimate of drug-likeness (QED) is 0.0322. The minimum absolute atomic E-state index is 0.0269. The van der Waals surface area contributed by atoms with Gasteiger partial charge in [0.2, 0.25) is 5.91 Å². The zero-order valence-corrected chi connectivity index (χ0v) is 39.9. The van der Waals surface area contributed by atoms with E-state index in [0.717, 1.165) is 83.5 Å². The lowest BCUT2D eigenvalue weighted by atomic mass is 10.0. The molecule has 0 rings (SSSR count). The van der Waals surface area contributed by atoms with Crippen LogP contribution < -0.4 is 5.32 Å². The normalized spacial score (nSPS) is 12.9. The molecule has 6 nitrogen and oxygen atoms in total. The van der Waals surface area contributed by atoms with Gasteiger partial charge in [0.25, 0.3) is 0 Å². The van der Waals surface area contributed by atoms with Gasteiger partial charge in [0.05, 0.1) is 25.4 Å². The molecule has 2 unspecified atom stereocenters. The van der Waals surface area contributed by atoms with Crippen LogP contribution in [-0.4, -0.2) is 47.4 Å². The smallest absolute Gasteiger partial charge is 0.305 e. The fraction of sp³-hybridized carbons (Fsp3) is 0.852. The van der Waals surface area contributed by atoms with Gasteiger partial charge in [-0.05, 0) is 83.5 Å². The van der Waals surface area contributed by atoms with Crippen molar-refractivity contribution in [3.63, 3.8) is 0 Å². The molecular weight excluding hydrogens is 743 g/mol. The van der Waals surface area contributed by atoms with Crippen LogP contribution in [0.5, 0.6) is 0 Å². The van der Waals surface area contributed by atoms with E-state index in [-0.39, 0.29) is 18.5 Å². The standard InChI is InChI=1S/C54H101NO5/c1-3-5-7-9-11-13-15-17-19-22-26-30-34-38-42-46-52(57)51(50-56)55-53(58)47-43-39-35-31-27-23-21-25-29-33-37-41-45-49-60-54(59)48-44-40-36-32-28-24-20-18-16-14-12-10-8-6-4-2/h12,14,18,20,23,27,51-52,56-57H,3-11,13,15-17,19,21-22,24-26,28-50H2,1-2H3,(H,55,58)/b14-12-,20-18-,27-23-. The van der Waals surface area contributed by atoms with Gasteiger partial charge in [-0.3, -0.25) is 9.59 Å². The molecule has 1 amide bonds. The van der Waals surface area contributed by atoms with Crippen molar-refractivity contribution in [2.75, 3.05) is 13.2 Å². The van der Waals surface area contributed by atoms with E-state index < -0.39 is 12.1 Å². The number of esters is 1. The molecule has 0 aromatic rings. The van der Waals surface area contributed by atoms with Crippen molar-refractivity contribution < 1.29 is 24.5 Å². The maximum absolute atomic E-state index is 12.4. The monoisotopic (exact) mass is 844 g/mol. The molecule has 0 heterocycles. The van der Waals surface area contributed by atoms with Crippen molar-refractivity contribution in [3.8, 4) is 0 Å². The third-order valence-corrected chi connectivity index (χ3v) is 11.9. The van der Waals surface area contributed by atoms with Gasteiger partial charge in [0.15, 0.2) is 0 Å². The van der Waals surface area contributed by atoms with E-state index >= 15 is 0 Å². The molecule has 0 spiro atoms. The maximum atomic E-state index is 12.4. The summed E-state index contributed by atoms with van der Waals surface area (Å²) in [6, 6.07) is -0.562. The Morgan fingerprint density at radius 2 is 0.833 bits per heavy atom. The first-order valence-electron chi connectivity index (χ1n) is 26.2. The third kappa shape index (κ3) is 45.6. The highest BCUT2D eigenvalue weighted by atomic mass is 16.5. The van der Waals surface area contributed by atoms with Crippen molar-refractivity contribution in [1.82, 2.24) is 5.32 Å². The molecule has 6 heteroatoms. The summed E-state index contributed by atoms with van der Waals surface area (Å²) in [5.41, 5.74) is 0. The Labute approximate surface area is 373 Å². The van der Waals surface area contributed by atoms with Crippen LogP contribution in [0.15, 0.2) is 36.5 Å². The molecule has 2 atom stereocenters. The largest absolute Gasteiger partial charge is 0.466 e. The zero-order chi connectivity index (χ0) is 43.7. The SMILES string of the molecule is CCCCC/C=C\C/C=C\CCCCCCCC(=O)OCCCCCCCC/C=C\CCCCCC(=O)NC(CO)C(O)CCCCCCCCCCCCCCCCC. The molecular formula is C54H101NO5. The fourth-order valence-electron chi connectivity index (χ4n) is 7.84. The lowest BCUT2D eigenvalue weighted by molar-refractivity contribution is -0.143. The highest BCUT2D eigenvalue weighted by Gasteiger charge is 2.20. The summed E-state index contributed by atoms with van der Waals surface area (Å²) < 4.78 is 5.45. The molecule has 0 aliphatic rings. The molecule has 0 saturated heterocycles. The molecule has 0 saturated carbocycles. The van der Waals surface area contributed by atoms with Crippen molar-refractivity contribution >= 4 is 11.9 Å². The van der Waals surface area contributed by atoms with Gasteiger partial charge < -0.3 is 20.3 Å². The number of allylic oxidation sites excluding steroid dienone is 6. The van der Waals surface area contributed by atoms with Crippen molar-refractivity contribution in [2.24, 2.45) is 0 Å². The van der Waals surface area contributed by atoms with E-state index in [9.17, 15) is 19.8 Å². The fourth-order valence-corrected chi connectivity index (χ4v) is 7.84. The summed E-state index contributed by atoms with van der Waals surface area (Å²) >= 11 is 0. The first-order chi connectivity index (χ1) is 29.5. The van der Waals surface area contributed by atoms with Gasteiger partial charge in [-0.1, -0.05) is 211 Å². The van der Waals surface area contributed by atoms with Gasteiger partial charge in [-0.15, -0.1) is 0 Å². The molecule has 0 fully saturated rings. The lowest BCUT2D eigenvalue weighted by Gasteiger charge is -2.22. The van der Waals surface area contributed by atoms with Crippen LogP contribution in [0, 0.1) is 0 Å². The van der Waals surface area contributed by atoms with Gasteiger partial charge in [-0.2, -0.15) is 0 Å². The van der Waals surface area contributed by atoms with Crippen LogP contribution >= 0.6 is 0 Å². The molecule has 0 aliphatic carbocycles. The Bertz CT molecular complexity index is 977. The van der Waals surface area contributed by atoms with Crippen LogP contribution in [0.2, 0.25) is 0 Å². The van der Waals surface area contributed by atoms with Gasteiger partial charge in [0.1, 0.15) is 0 Å².